The molecule has 8 nitrogen and oxygen atoms in total. The zero-order valence-corrected chi connectivity index (χ0v) is 16.0. The van der Waals surface area contributed by atoms with Crippen LogP contribution in [0.25, 0.3) is 10.4 Å². The first kappa shape index (κ1) is 18.8. The van der Waals surface area contributed by atoms with Crippen LogP contribution in [0.2, 0.25) is 10.1 Å². The number of hydrogen-bond acceptors (Lipinski definition) is 5. The van der Waals surface area contributed by atoms with Gasteiger partial charge in [0.05, 0.1) is 12.9 Å². The van der Waals surface area contributed by atoms with Crippen LogP contribution in [0.15, 0.2) is 17.5 Å². The number of carbonyl (C=O) groups excluding carboxylic acids is 1. The van der Waals surface area contributed by atoms with Crippen molar-refractivity contribution in [2.24, 2.45) is 5.11 Å². The number of ether oxygens (including phenoxy) is 2. The molecule has 1 saturated heterocycles. The Labute approximate surface area is 143 Å². The molecule has 2 aliphatic heterocycles. The van der Waals surface area contributed by atoms with Gasteiger partial charge >= 0.3 is 14.7 Å². The summed E-state index contributed by atoms with van der Waals surface area (Å²) in [5.41, 5.74) is 8.37. The smallest absolute Gasteiger partial charge is 0.397 e. The second-order valence-corrected chi connectivity index (χ2v) is 12.8. The van der Waals surface area contributed by atoms with Crippen LogP contribution in [0.3, 0.4) is 0 Å². The van der Waals surface area contributed by atoms with Crippen LogP contribution in [0.5, 0.6) is 0 Å². The standard InChI is InChI=1S/C15H25N3O5Si/c1-14(2,3)24(15(4,5)6)21-9-11-12(23-24)10(7-8-20-11)22-13(19)17-18-16/h7-8,10-12H,9H2,1-6H3/t10-,11-,12+/m1/s1. The van der Waals surface area contributed by atoms with Crippen LogP contribution in [-0.2, 0) is 18.3 Å². The fourth-order valence-corrected chi connectivity index (χ4v) is 8.48. The average molecular weight is 355 g/mol. The van der Waals surface area contributed by atoms with Gasteiger partial charge in [0.2, 0.25) is 0 Å². The van der Waals surface area contributed by atoms with Gasteiger partial charge < -0.3 is 18.3 Å². The molecule has 2 rings (SSSR count). The number of amides is 1. The van der Waals surface area contributed by atoms with Crippen LogP contribution in [0.4, 0.5) is 4.79 Å². The number of hydrogen-bond donors (Lipinski definition) is 0. The molecule has 1 amide bonds. The highest BCUT2D eigenvalue weighted by atomic mass is 28.4. The van der Waals surface area contributed by atoms with Crippen molar-refractivity contribution in [1.82, 2.24) is 0 Å². The summed E-state index contributed by atoms with van der Waals surface area (Å²) in [5.74, 6) is 0. The van der Waals surface area contributed by atoms with E-state index in [1.807, 2.05) is 0 Å². The SMILES string of the molecule is CC(C)(C)[Si]1(C(C)(C)C)OC[C@H]2OC=C[C@@H](OC(=O)N=[N+]=[N-])[C@@H]2O1. The van der Waals surface area contributed by atoms with Crippen molar-refractivity contribution in [3.63, 3.8) is 0 Å². The van der Waals surface area contributed by atoms with E-state index in [-0.39, 0.29) is 16.2 Å². The molecular weight excluding hydrogens is 330 g/mol. The van der Waals surface area contributed by atoms with Gasteiger partial charge in [-0.1, -0.05) is 41.5 Å². The minimum Gasteiger partial charge on any atom is -0.493 e. The summed E-state index contributed by atoms with van der Waals surface area (Å²) >= 11 is 0. The zero-order valence-electron chi connectivity index (χ0n) is 15.0. The lowest BCUT2D eigenvalue weighted by molar-refractivity contribution is -0.123. The lowest BCUT2D eigenvalue weighted by Gasteiger charge is -2.55. The number of nitrogens with zero attached hydrogens (tertiary/aromatic N) is 3. The van der Waals surface area contributed by atoms with E-state index in [1.165, 1.54) is 6.26 Å². The third kappa shape index (κ3) is 3.30. The first-order chi connectivity index (χ1) is 11.0. The quantitative estimate of drug-likeness (QED) is 0.304. The molecule has 0 aromatic rings. The molecule has 2 aliphatic rings. The van der Waals surface area contributed by atoms with E-state index in [9.17, 15) is 4.79 Å². The molecule has 2 heterocycles. The van der Waals surface area contributed by atoms with Crippen LogP contribution >= 0.6 is 0 Å². The monoisotopic (exact) mass is 355 g/mol. The second-order valence-electron chi connectivity index (χ2n) is 8.05. The van der Waals surface area contributed by atoms with E-state index in [1.54, 1.807) is 6.08 Å². The lowest BCUT2D eigenvalue weighted by Crippen LogP contribution is -2.67. The maximum Gasteiger partial charge on any atom is 0.397 e. The Kier molecular flexibility index (Phi) is 5.01. The Balaban J connectivity index is 2.33. The van der Waals surface area contributed by atoms with Gasteiger partial charge in [-0.2, -0.15) is 0 Å². The lowest BCUT2D eigenvalue weighted by atomic mass is 10.1. The molecule has 0 saturated carbocycles. The summed E-state index contributed by atoms with van der Waals surface area (Å²) < 4.78 is 23.6. The summed E-state index contributed by atoms with van der Waals surface area (Å²) in [6.45, 7) is 13.0. The summed E-state index contributed by atoms with van der Waals surface area (Å²) in [6.07, 6.45) is 0.534. The number of rotatable bonds is 1. The third-order valence-corrected chi connectivity index (χ3v) is 9.43. The summed E-state index contributed by atoms with van der Waals surface area (Å²) in [7, 11) is -2.71. The highest BCUT2D eigenvalue weighted by molar-refractivity contribution is 6.73. The normalized spacial score (nSPS) is 29.0. The van der Waals surface area contributed by atoms with Crippen molar-refractivity contribution in [3.8, 4) is 0 Å². The predicted molar refractivity (Wildman–Crippen MR) is 89.4 cm³/mol. The van der Waals surface area contributed by atoms with E-state index in [4.69, 9.17) is 23.9 Å². The molecule has 1 fully saturated rings. The molecule has 0 aliphatic carbocycles. The van der Waals surface area contributed by atoms with Crippen LogP contribution in [0.1, 0.15) is 41.5 Å². The van der Waals surface area contributed by atoms with Crippen LogP contribution < -0.4 is 0 Å². The molecule has 0 N–H and O–H groups in total. The second kappa shape index (κ2) is 6.40. The Morgan fingerprint density at radius 2 is 1.92 bits per heavy atom. The maximum atomic E-state index is 11.5. The Morgan fingerprint density at radius 1 is 1.29 bits per heavy atom. The fourth-order valence-electron chi connectivity index (χ4n) is 3.52. The molecule has 9 heteroatoms. The first-order valence-electron chi connectivity index (χ1n) is 7.91. The van der Waals surface area contributed by atoms with Crippen molar-refractivity contribution < 1.29 is 23.1 Å². The fraction of sp³-hybridized carbons (Fsp3) is 0.800. The Bertz CT molecular complexity index is 561. The van der Waals surface area contributed by atoms with E-state index >= 15 is 0 Å². The van der Waals surface area contributed by atoms with E-state index in [2.05, 4.69) is 51.6 Å². The summed E-state index contributed by atoms with van der Waals surface area (Å²) in [5, 5.41) is 2.56. The maximum absolute atomic E-state index is 11.5. The highest BCUT2D eigenvalue weighted by Gasteiger charge is 2.63. The van der Waals surface area contributed by atoms with Gasteiger partial charge in [0, 0.05) is 20.1 Å². The molecule has 0 unspecified atom stereocenters. The first-order valence-corrected chi connectivity index (χ1v) is 9.73. The molecule has 3 atom stereocenters. The van der Waals surface area contributed by atoms with Gasteiger partial charge in [0.15, 0.2) is 6.10 Å². The van der Waals surface area contributed by atoms with Gasteiger partial charge in [-0.3, -0.25) is 0 Å². The molecule has 0 bridgehead atoms. The minimum atomic E-state index is -2.71. The van der Waals surface area contributed by atoms with Gasteiger partial charge in [-0.05, 0) is 11.6 Å². The van der Waals surface area contributed by atoms with Crippen molar-refractivity contribution in [1.29, 1.82) is 0 Å². The molecule has 134 valence electrons. The van der Waals surface area contributed by atoms with E-state index in [0.29, 0.717) is 6.61 Å². The van der Waals surface area contributed by atoms with Gasteiger partial charge in [0.1, 0.15) is 12.2 Å². The topological polar surface area (TPSA) is 103 Å². The molecule has 24 heavy (non-hydrogen) atoms. The Hall–Kier alpha value is -1.54. The van der Waals surface area contributed by atoms with Gasteiger partial charge in [0.25, 0.3) is 0 Å². The average Bonchev–Trinajstić information content (AvgIpc) is 2.45. The zero-order chi connectivity index (χ0) is 18.2. The summed E-state index contributed by atoms with van der Waals surface area (Å²) in [4.78, 5) is 14.0. The predicted octanol–water partition coefficient (Wildman–Crippen LogP) is 4.17. The van der Waals surface area contributed by atoms with Crippen LogP contribution in [0, 0.1) is 0 Å². The van der Waals surface area contributed by atoms with E-state index < -0.39 is 26.9 Å². The summed E-state index contributed by atoms with van der Waals surface area (Å²) in [6, 6.07) is 0. The highest BCUT2D eigenvalue weighted by Crippen LogP contribution is 2.54. The number of fused-ring (bicyclic) bond motifs is 1. The largest absolute Gasteiger partial charge is 0.493 e. The van der Waals surface area contributed by atoms with Gasteiger partial charge in [-0.15, -0.1) is 0 Å². The Morgan fingerprint density at radius 3 is 2.46 bits per heavy atom. The molecule has 0 spiro atoms. The number of carbonyl (C=O) groups is 1. The van der Waals surface area contributed by atoms with Crippen molar-refractivity contribution in [2.45, 2.75) is 69.9 Å². The molecular formula is C15H25N3O5Si. The van der Waals surface area contributed by atoms with Crippen molar-refractivity contribution >= 4 is 14.7 Å². The molecule has 0 aromatic carbocycles. The molecule has 0 radical (unpaired) electrons. The van der Waals surface area contributed by atoms with Crippen molar-refractivity contribution in [2.75, 3.05) is 6.61 Å². The van der Waals surface area contributed by atoms with Gasteiger partial charge in [-0.25, -0.2) is 4.79 Å². The molecule has 0 aromatic heterocycles. The number of azide groups is 1. The van der Waals surface area contributed by atoms with Crippen LogP contribution in [-0.4, -0.2) is 39.6 Å². The minimum absolute atomic E-state index is 0.198. The van der Waals surface area contributed by atoms with Crippen molar-refractivity contribution in [3.05, 3.63) is 22.8 Å². The van der Waals surface area contributed by atoms with E-state index in [0.717, 1.165) is 0 Å². The third-order valence-electron chi connectivity index (χ3n) is 4.30.